The third-order valence-corrected chi connectivity index (χ3v) is 5.13. The van der Waals surface area contributed by atoms with Crippen LogP contribution >= 0.6 is 0 Å². The van der Waals surface area contributed by atoms with Crippen molar-refractivity contribution >= 4 is 40.9 Å². The second kappa shape index (κ2) is 10.5. The van der Waals surface area contributed by atoms with Gasteiger partial charge >= 0.3 is 29.8 Å². The first kappa shape index (κ1) is 24.1. The number of ether oxygens (including phenoxy) is 1. The van der Waals surface area contributed by atoms with E-state index in [0.717, 1.165) is 5.69 Å². The Labute approximate surface area is 207 Å². The molecule has 0 radical (unpaired) electrons. The molecule has 0 fully saturated rings. The molecule has 0 atom stereocenters. The molecule has 0 aliphatic carbocycles. The Hall–Kier alpha value is -5.06. The average molecular weight is 487 g/mol. The summed E-state index contributed by atoms with van der Waals surface area (Å²) < 4.78 is 6.49. The molecule has 0 saturated heterocycles. The Morgan fingerprint density at radius 1 is 0.806 bits per heavy atom. The van der Waals surface area contributed by atoms with Crippen LogP contribution in [0.1, 0.15) is 20.7 Å². The molecule has 0 saturated carbocycles. The summed E-state index contributed by atoms with van der Waals surface area (Å²) in [5.41, 5.74) is 2.87. The van der Waals surface area contributed by atoms with Gasteiger partial charge in [0, 0.05) is 31.2 Å². The smallest absolute Gasteiger partial charge is 0.444 e. The molecule has 11 heteroatoms. The van der Waals surface area contributed by atoms with Crippen molar-refractivity contribution in [2.75, 3.05) is 36.7 Å². The molecule has 2 heterocycles. The number of methoxy groups -OCH3 is 1. The van der Waals surface area contributed by atoms with Crippen LogP contribution in [-0.2, 0) is 4.74 Å². The highest BCUT2D eigenvalue weighted by Gasteiger charge is 2.19. The molecule has 2 aromatic carbocycles. The van der Waals surface area contributed by atoms with Crippen LogP contribution in [0.25, 0.3) is 5.95 Å². The lowest BCUT2D eigenvalue weighted by Gasteiger charge is -2.11. The number of carboxylic acid groups (broad SMARTS) is 1. The Kier molecular flexibility index (Phi) is 7.00. The van der Waals surface area contributed by atoms with Crippen LogP contribution < -0.4 is 20.1 Å². The monoisotopic (exact) mass is 486 g/mol. The Balaban J connectivity index is 1.66. The van der Waals surface area contributed by atoms with Crippen LogP contribution in [0.5, 0.6) is 0 Å². The number of aromatic carboxylic acids is 1. The first-order chi connectivity index (χ1) is 17.3. The SMILES string of the molecule is COC(=O)c1ccc(Nc2nc(Nc3ccc(C(=O)O)cc3)nc(-[n+]3ccc(N(C)C)cc3)n2)cc1. The van der Waals surface area contributed by atoms with Crippen LogP contribution in [0.4, 0.5) is 29.0 Å². The summed E-state index contributed by atoms with van der Waals surface area (Å²) in [7, 11) is 5.23. The molecule has 0 spiro atoms. The highest BCUT2D eigenvalue weighted by Crippen LogP contribution is 2.19. The van der Waals surface area contributed by atoms with E-state index in [-0.39, 0.29) is 17.5 Å². The topological polar surface area (TPSA) is 133 Å². The van der Waals surface area contributed by atoms with E-state index in [1.165, 1.54) is 19.2 Å². The minimum Gasteiger partial charge on any atom is -0.478 e. The van der Waals surface area contributed by atoms with Crippen molar-refractivity contribution in [3.05, 3.63) is 84.2 Å². The van der Waals surface area contributed by atoms with E-state index in [1.807, 2.05) is 43.5 Å². The maximum atomic E-state index is 11.7. The second-order valence-electron chi connectivity index (χ2n) is 7.84. The van der Waals surface area contributed by atoms with Crippen molar-refractivity contribution < 1.29 is 24.0 Å². The predicted octanol–water partition coefficient (Wildman–Crippen LogP) is 3.19. The van der Waals surface area contributed by atoms with Gasteiger partial charge in [0.2, 0.25) is 0 Å². The lowest BCUT2D eigenvalue weighted by atomic mass is 10.2. The first-order valence-corrected chi connectivity index (χ1v) is 10.8. The second-order valence-corrected chi connectivity index (χ2v) is 7.84. The standard InChI is InChI=1S/C25H23N7O4/c1-31(2)20-12-14-32(15-13-20)25-29-23(26-18-8-4-16(5-9-18)21(33)34)28-24(30-25)27-19-10-6-17(7-11-19)22(35)36-3/h4-15H,1-3H3,(H2-,26,27,28,29,30,33,34,35)/p+1. The number of hydrogen-bond acceptors (Lipinski definition) is 9. The lowest BCUT2D eigenvalue weighted by molar-refractivity contribution is -0.603. The normalized spacial score (nSPS) is 10.4. The molecule has 4 rings (SSSR count). The largest absolute Gasteiger partial charge is 0.478 e. The molecule has 4 aromatic rings. The highest BCUT2D eigenvalue weighted by atomic mass is 16.5. The zero-order valence-electron chi connectivity index (χ0n) is 19.8. The first-order valence-electron chi connectivity index (χ1n) is 10.8. The highest BCUT2D eigenvalue weighted by molar-refractivity contribution is 5.89. The number of nitrogens with one attached hydrogen (secondary N) is 2. The number of rotatable bonds is 8. The number of anilines is 5. The Morgan fingerprint density at radius 2 is 1.31 bits per heavy atom. The van der Waals surface area contributed by atoms with Gasteiger partial charge in [-0.25, -0.2) is 14.2 Å². The molecule has 3 N–H and O–H groups in total. The molecule has 0 aliphatic heterocycles. The number of benzene rings is 2. The summed E-state index contributed by atoms with van der Waals surface area (Å²) in [5.74, 6) is -0.567. The quantitative estimate of drug-likeness (QED) is 0.252. The number of carboxylic acids is 1. The third-order valence-electron chi connectivity index (χ3n) is 5.13. The Morgan fingerprint density at radius 3 is 1.75 bits per heavy atom. The van der Waals surface area contributed by atoms with E-state index in [2.05, 4.69) is 25.6 Å². The number of esters is 1. The van der Waals surface area contributed by atoms with Crippen molar-refractivity contribution in [1.82, 2.24) is 15.0 Å². The van der Waals surface area contributed by atoms with Gasteiger partial charge in [0.1, 0.15) is 0 Å². The fourth-order valence-corrected chi connectivity index (χ4v) is 3.20. The molecule has 0 unspecified atom stereocenters. The maximum absolute atomic E-state index is 11.7. The van der Waals surface area contributed by atoms with E-state index >= 15 is 0 Å². The molecule has 0 bridgehead atoms. The molecule has 0 aliphatic rings. The molecule has 182 valence electrons. The molecule has 11 nitrogen and oxygen atoms in total. The molecular formula is C25H24N7O4+. The van der Waals surface area contributed by atoms with Gasteiger partial charge < -0.3 is 25.4 Å². The van der Waals surface area contributed by atoms with Gasteiger partial charge in [0.15, 0.2) is 0 Å². The van der Waals surface area contributed by atoms with E-state index in [9.17, 15) is 9.59 Å². The number of aromatic nitrogens is 4. The summed E-state index contributed by atoms with van der Waals surface area (Å²) in [5, 5.41) is 15.3. The zero-order chi connectivity index (χ0) is 25.7. The predicted molar refractivity (Wildman–Crippen MR) is 133 cm³/mol. The summed E-state index contributed by atoms with van der Waals surface area (Å²) in [6.07, 6.45) is 3.68. The average Bonchev–Trinajstić information content (AvgIpc) is 2.89. The third kappa shape index (κ3) is 5.70. The summed E-state index contributed by atoms with van der Waals surface area (Å²) in [6, 6.07) is 16.8. The maximum Gasteiger partial charge on any atom is 0.444 e. The van der Waals surface area contributed by atoms with Crippen LogP contribution in [0.2, 0.25) is 0 Å². The summed E-state index contributed by atoms with van der Waals surface area (Å²) >= 11 is 0. The molecule has 36 heavy (non-hydrogen) atoms. The molecule has 2 aromatic heterocycles. The minimum absolute atomic E-state index is 0.172. The van der Waals surface area contributed by atoms with Gasteiger partial charge in [-0.3, -0.25) is 0 Å². The van der Waals surface area contributed by atoms with Crippen molar-refractivity contribution in [1.29, 1.82) is 0 Å². The van der Waals surface area contributed by atoms with Crippen LogP contribution in [0.15, 0.2) is 73.1 Å². The molecule has 0 amide bonds. The molecular weight excluding hydrogens is 462 g/mol. The summed E-state index contributed by atoms with van der Waals surface area (Å²) in [4.78, 5) is 38.3. The van der Waals surface area contributed by atoms with Gasteiger partial charge in [-0.05, 0) is 70.6 Å². The van der Waals surface area contributed by atoms with E-state index in [4.69, 9.17) is 9.84 Å². The van der Waals surface area contributed by atoms with Gasteiger partial charge in [0.05, 0.1) is 30.6 Å². The number of carbonyl (C=O) groups excluding carboxylic acids is 1. The van der Waals surface area contributed by atoms with Crippen molar-refractivity contribution in [2.24, 2.45) is 0 Å². The lowest BCUT2D eigenvalue weighted by Crippen LogP contribution is -2.33. The van der Waals surface area contributed by atoms with Gasteiger partial charge in [-0.2, -0.15) is 0 Å². The number of nitrogens with zero attached hydrogens (tertiary/aromatic N) is 5. The van der Waals surface area contributed by atoms with E-state index in [1.54, 1.807) is 41.0 Å². The van der Waals surface area contributed by atoms with Crippen LogP contribution in [0, 0.1) is 0 Å². The fraction of sp³-hybridized carbons (Fsp3) is 0.120. The van der Waals surface area contributed by atoms with Gasteiger partial charge in [-0.1, -0.05) is 0 Å². The van der Waals surface area contributed by atoms with Crippen LogP contribution in [-0.4, -0.2) is 53.2 Å². The fourth-order valence-electron chi connectivity index (χ4n) is 3.20. The van der Waals surface area contributed by atoms with Crippen LogP contribution in [0.3, 0.4) is 0 Å². The van der Waals surface area contributed by atoms with Crippen molar-refractivity contribution in [3.8, 4) is 5.95 Å². The van der Waals surface area contributed by atoms with Gasteiger partial charge in [-0.15, -0.1) is 4.98 Å². The van der Waals surface area contributed by atoms with E-state index < -0.39 is 11.9 Å². The number of carbonyl (C=O) groups is 2. The van der Waals surface area contributed by atoms with E-state index in [0.29, 0.717) is 22.9 Å². The number of pyridine rings is 1. The number of hydrogen-bond donors (Lipinski definition) is 3. The van der Waals surface area contributed by atoms with Crippen molar-refractivity contribution in [3.63, 3.8) is 0 Å². The Bertz CT molecular complexity index is 1370. The summed E-state index contributed by atoms with van der Waals surface area (Å²) in [6.45, 7) is 0. The van der Waals surface area contributed by atoms with Crippen molar-refractivity contribution in [2.45, 2.75) is 0 Å². The van der Waals surface area contributed by atoms with Gasteiger partial charge in [0.25, 0.3) is 0 Å². The minimum atomic E-state index is -1.01. The zero-order valence-corrected chi connectivity index (χ0v) is 19.8.